The summed E-state index contributed by atoms with van der Waals surface area (Å²) in [7, 11) is 3.16. The van der Waals surface area contributed by atoms with E-state index in [1.807, 2.05) is 72.8 Å². The number of ether oxygens (including phenoxy) is 5. The number of phenols is 2. The van der Waals surface area contributed by atoms with Crippen LogP contribution in [0.1, 0.15) is 34.3 Å². The summed E-state index contributed by atoms with van der Waals surface area (Å²) < 4.78 is 27.5. The van der Waals surface area contributed by atoms with Crippen molar-refractivity contribution in [1.29, 1.82) is 0 Å². The molecule has 71 heavy (non-hydrogen) atoms. The maximum atomic E-state index is 13.0. The number of carbonyl (C=O) groups excluding carboxylic acids is 2. The molecular weight excluding hydrogens is 944 g/mol. The Balaban J connectivity index is 0.000000194. The first kappa shape index (κ1) is 48.9. The number of carbonyl (C=O) groups is 2. The van der Waals surface area contributed by atoms with Crippen LogP contribution in [0.3, 0.4) is 0 Å². The molecule has 358 valence electrons. The van der Waals surface area contributed by atoms with Crippen LogP contribution >= 0.6 is 23.2 Å². The van der Waals surface area contributed by atoms with E-state index in [4.69, 9.17) is 46.9 Å². The van der Waals surface area contributed by atoms with Crippen molar-refractivity contribution in [2.45, 2.75) is 12.1 Å². The predicted molar refractivity (Wildman–Crippen MR) is 273 cm³/mol. The normalized spacial score (nSPS) is 11.6. The number of phenolic OH excluding ortho intramolecular Hbond substituents is 2. The molecule has 0 aliphatic carbocycles. The molecule has 0 aliphatic heterocycles. The van der Waals surface area contributed by atoms with Crippen LogP contribution in [0.4, 0.5) is 0 Å². The average Bonchev–Trinajstić information content (AvgIpc) is 3.42. The molecule has 2 atom stereocenters. The molecule has 0 radical (unpaired) electrons. The lowest BCUT2D eigenvalue weighted by atomic mass is 9.96. The van der Waals surface area contributed by atoms with Gasteiger partial charge in [0.1, 0.15) is 57.0 Å². The van der Waals surface area contributed by atoms with Gasteiger partial charge in [-0.1, -0.05) is 83.9 Å². The number of amides is 2. The van der Waals surface area contributed by atoms with E-state index >= 15 is 0 Å². The summed E-state index contributed by atoms with van der Waals surface area (Å²) in [6, 6.07) is 48.9. The molecule has 2 heterocycles. The van der Waals surface area contributed by atoms with Crippen molar-refractivity contribution in [3.63, 3.8) is 0 Å². The number of hydrogen-bond donors (Lipinski definition) is 4. The van der Waals surface area contributed by atoms with Crippen LogP contribution < -0.4 is 34.3 Å². The summed E-state index contributed by atoms with van der Waals surface area (Å²) in [5, 5.41) is 30.1. The third-order valence-electron chi connectivity index (χ3n) is 11.1. The van der Waals surface area contributed by atoms with Crippen LogP contribution in [0.15, 0.2) is 182 Å². The fourth-order valence-electron chi connectivity index (χ4n) is 7.58. The number of para-hydroxylation sites is 1. The minimum Gasteiger partial charge on any atom is -0.505 e. The standard InChI is InChI=1S/C31H25ClN2O5.C25H21ClN2O4/c1-37-21-11-9-20(10-12-21)29(26-18-27(32)25-8-5-17-33-30(25)31(26)36)34-28(35)19-38-22-13-15-24(16-14-22)39-23-6-3-2-4-7-23;1-31-17-9-11-18(12-10-17)32-15-22(29)28-23(16-6-3-2-4-7-16)20-14-21(26)19-8-5-13-27-24(19)25(20)30/h2-18,29,36H,19H2,1H3,(H,34,35);2-14,23,30H,15H2,1H3,(H,28,29). The summed E-state index contributed by atoms with van der Waals surface area (Å²) in [4.78, 5) is 34.4. The third kappa shape index (κ3) is 12.2. The van der Waals surface area contributed by atoms with Crippen molar-refractivity contribution in [2.24, 2.45) is 0 Å². The number of rotatable bonds is 16. The van der Waals surface area contributed by atoms with Crippen molar-refractivity contribution in [3.8, 4) is 46.0 Å². The summed E-state index contributed by atoms with van der Waals surface area (Å²) in [5.74, 6) is 2.93. The van der Waals surface area contributed by atoms with Crippen LogP contribution in [-0.4, -0.2) is 59.4 Å². The van der Waals surface area contributed by atoms with E-state index in [2.05, 4.69) is 20.6 Å². The van der Waals surface area contributed by atoms with E-state index in [0.717, 1.165) is 11.3 Å². The molecule has 2 unspecified atom stereocenters. The highest BCUT2D eigenvalue weighted by molar-refractivity contribution is 6.36. The Bertz CT molecular complexity index is 3240. The summed E-state index contributed by atoms with van der Waals surface area (Å²) in [6.45, 7) is -0.443. The number of nitrogens with zero attached hydrogens (tertiary/aromatic N) is 2. The van der Waals surface area contributed by atoms with Crippen molar-refractivity contribution >= 4 is 56.8 Å². The van der Waals surface area contributed by atoms with Gasteiger partial charge in [0.2, 0.25) is 0 Å². The summed E-state index contributed by atoms with van der Waals surface area (Å²) in [5.41, 5.74) is 3.08. The Morgan fingerprint density at radius 3 is 1.32 bits per heavy atom. The van der Waals surface area contributed by atoms with Crippen molar-refractivity contribution in [2.75, 3.05) is 27.4 Å². The van der Waals surface area contributed by atoms with Crippen LogP contribution in [0.2, 0.25) is 10.0 Å². The molecule has 9 rings (SSSR count). The molecule has 2 aromatic heterocycles. The highest BCUT2D eigenvalue weighted by Crippen LogP contribution is 2.40. The number of halogens is 2. The zero-order valence-electron chi connectivity index (χ0n) is 38.3. The van der Waals surface area contributed by atoms with Crippen molar-refractivity contribution in [1.82, 2.24) is 20.6 Å². The Hall–Kier alpha value is -8.52. The van der Waals surface area contributed by atoms with Crippen molar-refractivity contribution < 1.29 is 43.5 Å². The highest BCUT2D eigenvalue weighted by atomic mass is 35.5. The van der Waals surface area contributed by atoms with E-state index < -0.39 is 18.0 Å². The summed E-state index contributed by atoms with van der Waals surface area (Å²) in [6.07, 6.45) is 3.16. The second-order valence-corrected chi connectivity index (χ2v) is 16.5. The molecule has 13 nitrogen and oxygen atoms in total. The fourth-order valence-corrected chi connectivity index (χ4v) is 8.12. The van der Waals surface area contributed by atoms with Gasteiger partial charge in [0, 0.05) is 34.3 Å². The number of pyridine rings is 2. The first-order valence-corrected chi connectivity index (χ1v) is 22.9. The molecule has 7 aromatic carbocycles. The second-order valence-electron chi connectivity index (χ2n) is 15.7. The van der Waals surface area contributed by atoms with E-state index in [9.17, 15) is 19.8 Å². The van der Waals surface area contributed by atoms with Gasteiger partial charge in [-0.25, -0.2) is 0 Å². The Kier molecular flexibility index (Phi) is 16.0. The number of methoxy groups -OCH3 is 2. The molecule has 9 aromatic rings. The van der Waals surface area contributed by atoms with E-state index in [1.54, 1.807) is 124 Å². The quantitative estimate of drug-likeness (QED) is 0.0726. The van der Waals surface area contributed by atoms with Gasteiger partial charge in [-0.3, -0.25) is 19.6 Å². The lowest BCUT2D eigenvalue weighted by Crippen LogP contribution is -2.33. The molecule has 0 aliphatic rings. The van der Waals surface area contributed by atoms with Gasteiger partial charge in [0.05, 0.1) is 36.3 Å². The lowest BCUT2D eigenvalue weighted by Gasteiger charge is -2.22. The van der Waals surface area contributed by atoms with Gasteiger partial charge in [0.25, 0.3) is 11.8 Å². The lowest BCUT2D eigenvalue weighted by molar-refractivity contribution is -0.124. The maximum Gasteiger partial charge on any atom is 0.258 e. The largest absolute Gasteiger partial charge is 0.505 e. The second kappa shape index (κ2) is 23.2. The van der Waals surface area contributed by atoms with Gasteiger partial charge in [-0.2, -0.15) is 0 Å². The Labute approximate surface area is 419 Å². The van der Waals surface area contributed by atoms with Gasteiger partial charge in [-0.15, -0.1) is 0 Å². The van der Waals surface area contributed by atoms with Gasteiger partial charge in [-0.05, 0) is 120 Å². The topological polar surface area (TPSA) is 171 Å². The Morgan fingerprint density at radius 1 is 0.493 bits per heavy atom. The first-order valence-electron chi connectivity index (χ1n) is 22.1. The number of benzene rings is 7. The van der Waals surface area contributed by atoms with Crippen LogP contribution in [-0.2, 0) is 9.59 Å². The van der Waals surface area contributed by atoms with Crippen LogP contribution in [0, 0.1) is 0 Å². The minimum atomic E-state index is -0.724. The Morgan fingerprint density at radius 2 is 0.873 bits per heavy atom. The third-order valence-corrected chi connectivity index (χ3v) is 11.7. The van der Waals surface area contributed by atoms with Gasteiger partial charge >= 0.3 is 0 Å². The molecule has 15 heteroatoms. The van der Waals surface area contributed by atoms with Gasteiger partial charge in [0.15, 0.2) is 13.2 Å². The molecule has 0 saturated heterocycles. The summed E-state index contributed by atoms with van der Waals surface area (Å²) >= 11 is 13.0. The fraction of sp³-hybridized carbons (Fsp3) is 0.107. The van der Waals surface area contributed by atoms with Crippen molar-refractivity contribution in [3.05, 3.63) is 215 Å². The molecule has 4 N–H and O–H groups in total. The van der Waals surface area contributed by atoms with E-state index in [0.29, 0.717) is 77.3 Å². The molecule has 2 amide bonds. The number of nitrogens with one attached hydrogen (secondary N) is 2. The van der Waals surface area contributed by atoms with Crippen LogP contribution in [0.5, 0.6) is 46.0 Å². The number of fused-ring (bicyclic) bond motifs is 2. The molecule has 0 saturated carbocycles. The molecule has 0 spiro atoms. The maximum absolute atomic E-state index is 13.0. The molecule has 0 fully saturated rings. The van der Waals surface area contributed by atoms with Crippen LogP contribution in [0.25, 0.3) is 21.8 Å². The monoisotopic (exact) mass is 988 g/mol. The number of aromatic nitrogens is 2. The molecule has 0 bridgehead atoms. The zero-order valence-corrected chi connectivity index (χ0v) is 39.8. The highest BCUT2D eigenvalue weighted by Gasteiger charge is 2.25. The minimum absolute atomic E-state index is 0.0322. The number of aromatic hydroxyl groups is 2. The molecular formula is C56H46Cl2N4O9. The van der Waals surface area contributed by atoms with E-state index in [-0.39, 0.29) is 30.6 Å². The first-order chi connectivity index (χ1) is 34.6. The smallest absolute Gasteiger partial charge is 0.258 e. The zero-order chi connectivity index (χ0) is 49.7. The average molecular weight is 990 g/mol. The van der Waals surface area contributed by atoms with E-state index in [1.165, 1.54) is 0 Å². The SMILES string of the molecule is COc1ccc(C(NC(=O)COc2ccc(Oc3ccccc3)cc2)c2cc(Cl)c3cccnc3c2O)cc1.COc1ccc(OCC(=O)NC(c2ccccc2)c2cc(Cl)c3cccnc3c2O)cc1. The number of hydrogen-bond acceptors (Lipinski definition) is 11. The van der Waals surface area contributed by atoms with Gasteiger partial charge < -0.3 is 44.5 Å². The predicted octanol–water partition coefficient (Wildman–Crippen LogP) is 11.6.